The van der Waals surface area contributed by atoms with Gasteiger partial charge in [0.2, 0.25) is 0 Å². The van der Waals surface area contributed by atoms with Gasteiger partial charge in [-0.15, -0.1) is 12.4 Å². The maximum atomic E-state index is 6.23. The molecule has 0 aliphatic carbocycles. The molecule has 2 rings (SSSR count). The third kappa shape index (κ3) is 6.34. The van der Waals surface area contributed by atoms with Crippen LogP contribution in [0.2, 0.25) is 0 Å². The fourth-order valence-electron chi connectivity index (χ4n) is 2.67. The predicted molar refractivity (Wildman–Crippen MR) is 100 cm³/mol. The highest BCUT2D eigenvalue weighted by atomic mass is 35.5. The Bertz CT molecular complexity index is 474. The molecule has 0 fully saturated rings. The highest BCUT2D eigenvalue weighted by molar-refractivity contribution is 5.85. The van der Waals surface area contributed by atoms with Crippen LogP contribution in [0, 0.1) is 0 Å². The third-order valence-corrected chi connectivity index (χ3v) is 4.00. The van der Waals surface area contributed by atoms with Crippen molar-refractivity contribution in [1.29, 1.82) is 0 Å². The fraction of sp³-hybridized carbons (Fsp3) is 0.400. The van der Waals surface area contributed by atoms with Gasteiger partial charge in [-0.05, 0) is 30.6 Å². The molecule has 0 aliphatic heterocycles. The third-order valence-electron chi connectivity index (χ3n) is 4.00. The summed E-state index contributed by atoms with van der Waals surface area (Å²) in [4.78, 5) is 2.43. The molecule has 0 saturated carbocycles. The van der Waals surface area contributed by atoms with E-state index in [0.29, 0.717) is 0 Å². The number of hydrogen-bond acceptors (Lipinski definition) is 2. The highest BCUT2D eigenvalue weighted by Crippen LogP contribution is 2.25. The first-order chi connectivity index (χ1) is 10.8. The van der Waals surface area contributed by atoms with Gasteiger partial charge < -0.3 is 9.64 Å². The first-order valence-corrected chi connectivity index (χ1v) is 8.29. The summed E-state index contributed by atoms with van der Waals surface area (Å²) in [6.45, 7) is 8.52. The lowest BCUT2D eigenvalue weighted by Gasteiger charge is -2.21. The van der Waals surface area contributed by atoms with Crippen LogP contribution in [-0.4, -0.2) is 31.1 Å². The molecule has 0 unspecified atom stereocenters. The summed E-state index contributed by atoms with van der Waals surface area (Å²) in [5, 5.41) is 0. The second-order valence-corrected chi connectivity index (χ2v) is 5.45. The van der Waals surface area contributed by atoms with E-state index in [4.69, 9.17) is 4.74 Å². The van der Waals surface area contributed by atoms with E-state index >= 15 is 0 Å². The van der Waals surface area contributed by atoms with Crippen molar-refractivity contribution in [3.8, 4) is 0 Å². The Morgan fingerprint density at radius 1 is 0.826 bits per heavy atom. The van der Waals surface area contributed by atoms with Crippen LogP contribution >= 0.6 is 12.4 Å². The van der Waals surface area contributed by atoms with Gasteiger partial charge in [-0.3, -0.25) is 0 Å². The molecule has 23 heavy (non-hydrogen) atoms. The molecule has 0 spiro atoms. The van der Waals surface area contributed by atoms with E-state index in [0.717, 1.165) is 32.7 Å². The normalized spacial score (nSPS) is 10.8. The van der Waals surface area contributed by atoms with E-state index in [-0.39, 0.29) is 18.5 Å². The predicted octanol–water partition coefficient (Wildman–Crippen LogP) is 4.95. The Morgan fingerprint density at radius 2 is 1.30 bits per heavy atom. The number of ether oxygens (including phenoxy) is 1. The van der Waals surface area contributed by atoms with Crippen molar-refractivity contribution in [2.24, 2.45) is 0 Å². The smallest absolute Gasteiger partial charge is 0.108 e. The van der Waals surface area contributed by atoms with Crippen molar-refractivity contribution < 1.29 is 4.74 Å². The zero-order valence-corrected chi connectivity index (χ0v) is 15.0. The molecular formula is C20H28ClNO. The molecule has 0 bridgehead atoms. The Balaban J connectivity index is 0.00000264. The van der Waals surface area contributed by atoms with Crippen LogP contribution < -0.4 is 0 Å². The number of halogens is 1. The maximum absolute atomic E-state index is 6.23. The van der Waals surface area contributed by atoms with Crippen LogP contribution in [0.25, 0.3) is 0 Å². The van der Waals surface area contributed by atoms with Crippen LogP contribution in [0.15, 0.2) is 60.7 Å². The second kappa shape index (κ2) is 11.2. The number of hydrogen-bond donors (Lipinski definition) is 0. The van der Waals surface area contributed by atoms with Crippen LogP contribution in [0.1, 0.15) is 37.5 Å². The lowest BCUT2D eigenvalue weighted by atomic mass is 10.0. The Hall–Kier alpha value is -1.35. The number of benzene rings is 2. The van der Waals surface area contributed by atoms with Crippen molar-refractivity contribution in [3.05, 3.63) is 71.8 Å². The molecule has 2 nitrogen and oxygen atoms in total. The largest absolute Gasteiger partial charge is 0.369 e. The molecule has 0 N–H and O–H groups in total. The fourth-order valence-corrected chi connectivity index (χ4v) is 2.67. The molecule has 3 heteroatoms. The van der Waals surface area contributed by atoms with E-state index < -0.39 is 0 Å². The van der Waals surface area contributed by atoms with E-state index in [1.54, 1.807) is 0 Å². The average molecular weight is 334 g/mol. The Labute approximate surface area is 146 Å². The van der Waals surface area contributed by atoms with Gasteiger partial charge >= 0.3 is 0 Å². The summed E-state index contributed by atoms with van der Waals surface area (Å²) in [5.74, 6) is 0. The van der Waals surface area contributed by atoms with E-state index in [1.807, 2.05) is 12.1 Å². The van der Waals surface area contributed by atoms with Crippen molar-refractivity contribution in [1.82, 2.24) is 4.90 Å². The standard InChI is InChI=1S/C20H27NO.ClH/c1-3-21(4-2)16-11-17-22-20(18-12-7-5-8-13-18)19-14-9-6-10-15-19;/h5-10,12-15,20H,3-4,11,16-17H2,1-2H3;1H. The molecular weight excluding hydrogens is 306 g/mol. The molecule has 0 atom stereocenters. The lowest BCUT2D eigenvalue weighted by Crippen LogP contribution is -2.25. The SMILES string of the molecule is CCN(CC)CCCOC(c1ccccc1)c1ccccc1.Cl. The lowest BCUT2D eigenvalue weighted by molar-refractivity contribution is 0.0722. The first kappa shape index (κ1) is 19.7. The molecule has 0 radical (unpaired) electrons. The average Bonchev–Trinajstić information content (AvgIpc) is 2.60. The summed E-state index contributed by atoms with van der Waals surface area (Å²) in [6.07, 6.45) is 1.09. The molecule has 2 aromatic rings. The molecule has 0 saturated heterocycles. The monoisotopic (exact) mass is 333 g/mol. The van der Waals surface area contributed by atoms with Crippen LogP contribution in [0.3, 0.4) is 0 Å². The molecule has 2 aromatic carbocycles. The van der Waals surface area contributed by atoms with Crippen molar-refractivity contribution >= 4 is 12.4 Å². The Morgan fingerprint density at radius 3 is 1.74 bits per heavy atom. The highest BCUT2D eigenvalue weighted by Gasteiger charge is 2.14. The molecule has 0 amide bonds. The quantitative estimate of drug-likeness (QED) is 0.602. The van der Waals surface area contributed by atoms with Gasteiger partial charge in [0.25, 0.3) is 0 Å². The van der Waals surface area contributed by atoms with E-state index in [1.165, 1.54) is 11.1 Å². The number of rotatable bonds is 9. The van der Waals surface area contributed by atoms with E-state index in [9.17, 15) is 0 Å². The van der Waals surface area contributed by atoms with Gasteiger partial charge in [-0.2, -0.15) is 0 Å². The van der Waals surface area contributed by atoms with Gasteiger partial charge in [0.05, 0.1) is 0 Å². The topological polar surface area (TPSA) is 12.5 Å². The number of nitrogens with zero attached hydrogens (tertiary/aromatic N) is 1. The minimum absolute atomic E-state index is 0. The van der Waals surface area contributed by atoms with Gasteiger partial charge in [0, 0.05) is 13.2 Å². The summed E-state index contributed by atoms with van der Waals surface area (Å²) in [7, 11) is 0. The molecule has 0 aliphatic rings. The first-order valence-electron chi connectivity index (χ1n) is 8.29. The Kier molecular flexibility index (Phi) is 9.61. The summed E-state index contributed by atoms with van der Waals surface area (Å²) < 4.78 is 6.23. The van der Waals surface area contributed by atoms with Gasteiger partial charge in [0.15, 0.2) is 0 Å². The summed E-state index contributed by atoms with van der Waals surface area (Å²) in [5.41, 5.74) is 2.44. The van der Waals surface area contributed by atoms with Gasteiger partial charge in [-0.1, -0.05) is 74.5 Å². The molecule has 0 aromatic heterocycles. The zero-order chi connectivity index (χ0) is 15.6. The summed E-state index contributed by atoms with van der Waals surface area (Å²) >= 11 is 0. The maximum Gasteiger partial charge on any atom is 0.108 e. The van der Waals surface area contributed by atoms with Gasteiger partial charge in [0.1, 0.15) is 6.10 Å². The second-order valence-electron chi connectivity index (χ2n) is 5.45. The molecule has 0 heterocycles. The van der Waals surface area contributed by atoms with Crippen LogP contribution in [0.4, 0.5) is 0 Å². The summed E-state index contributed by atoms with van der Waals surface area (Å²) in [6, 6.07) is 21.0. The minimum Gasteiger partial charge on any atom is -0.369 e. The van der Waals surface area contributed by atoms with Crippen LogP contribution in [0.5, 0.6) is 0 Å². The molecule has 126 valence electrons. The zero-order valence-electron chi connectivity index (χ0n) is 14.2. The van der Waals surface area contributed by atoms with Crippen molar-refractivity contribution in [2.75, 3.05) is 26.2 Å². The van der Waals surface area contributed by atoms with Crippen LogP contribution in [-0.2, 0) is 4.74 Å². The van der Waals surface area contributed by atoms with Crippen molar-refractivity contribution in [3.63, 3.8) is 0 Å². The van der Waals surface area contributed by atoms with Gasteiger partial charge in [-0.25, -0.2) is 0 Å². The van der Waals surface area contributed by atoms with Crippen molar-refractivity contribution in [2.45, 2.75) is 26.4 Å². The van der Waals surface area contributed by atoms with E-state index in [2.05, 4.69) is 67.3 Å². The minimum atomic E-state index is 0.